The van der Waals surface area contributed by atoms with Crippen LogP contribution in [-0.4, -0.2) is 36.7 Å². The number of allylic oxidation sites excluding steroid dienone is 2. The van der Waals surface area contributed by atoms with Crippen molar-refractivity contribution in [3.8, 4) is 5.75 Å². The zero-order chi connectivity index (χ0) is 22.3. The zero-order valence-corrected chi connectivity index (χ0v) is 17.8. The molecule has 0 aliphatic heterocycles. The quantitative estimate of drug-likeness (QED) is 0.277. The maximum absolute atomic E-state index is 12.7. The van der Waals surface area contributed by atoms with E-state index < -0.39 is 11.8 Å². The van der Waals surface area contributed by atoms with Gasteiger partial charge in [-0.1, -0.05) is 55.8 Å². The molecule has 0 radical (unpaired) electrons. The molecule has 0 saturated heterocycles. The van der Waals surface area contributed by atoms with Crippen LogP contribution < -0.4 is 15.4 Å². The summed E-state index contributed by atoms with van der Waals surface area (Å²) >= 11 is 0. The highest BCUT2D eigenvalue weighted by atomic mass is 16.5. The number of aliphatic hydroxyl groups is 1. The van der Waals surface area contributed by atoms with Crippen LogP contribution in [0.1, 0.15) is 42.1 Å². The van der Waals surface area contributed by atoms with Crippen molar-refractivity contribution in [2.75, 3.05) is 19.8 Å². The molecule has 164 valence electrons. The number of benzene rings is 2. The number of unbranched alkanes of at least 4 members (excludes halogenated alkanes) is 1. The Hall–Kier alpha value is -3.38. The summed E-state index contributed by atoms with van der Waals surface area (Å²) in [5.74, 6) is -0.107. The van der Waals surface area contributed by atoms with Gasteiger partial charge < -0.3 is 20.5 Å². The number of amides is 2. The maximum Gasteiger partial charge on any atom is 0.267 e. The van der Waals surface area contributed by atoms with Gasteiger partial charge in [-0.05, 0) is 48.7 Å². The largest absolute Gasteiger partial charge is 0.494 e. The number of aliphatic hydroxyl groups excluding tert-OH is 1. The van der Waals surface area contributed by atoms with Gasteiger partial charge in [-0.15, -0.1) is 0 Å². The Bertz CT molecular complexity index is 874. The molecule has 0 bridgehead atoms. The molecule has 0 atom stereocenters. The second-order valence-electron chi connectivity index (χ2n) is 6.86. The Balaban J connectivity index is 2.08. The fourth-order valence-corrected chi connectivity index (χ4v) is 2.60. The summed E-state index contributed by atoms with van der Waals surface area (Å²) in [7, 11) is 0. The lowest BCUT2D eigenvalue weighted by molar-refractivity contribution is -0.117. The molecule has 0 fully saturated rings. The fraction of sp³-hybridized carbons (Fsp3) is 0.280. The average Bonchev–Trinajstić information content (AvgIpc) is 2.79. The summed E-state index contributed by atoms with van der Waals surface area (Å²) in [5.41, 5.74) is 1.52. The second kappa shape index (κ2) is 13.8. The Labute approximate surface area is 183 Å². The molecule has 6 heteroatoms. The molecule has 2 amide bonds. The zero-order valence-electron chi connectivity index (χ0n) is 17.8. The van der Waals surface area contributed by atoms with Gasteiger partial charge in [0.25, 0.3) is 11.8 Å². The van der Waals surface area contributed by atoms with Gasteiger partial charge in [0.05, 0.1) is 6.61 Å². The van der Waals surface area contributed by atoms with Crippen molar-refractivity contribution in [2.24, 2.45) is 0 Å². The Morgan fingerprint density at radius 2 is 1.77 bits per heavy atom. The minimum atomic E-state index is -0.418. The van der Waals surface area contributed by atoms with Crippen molar-refractivity contribution in [1.29, 1.82) is 0 Å². The molecule has 2 aromatic carbocycles. The molecule has 0 heterocycles. The van der Waals surface area contributed by atoms with Crippen LogP contribution in [0, 0.1) is 0 Å². The van der Waals surface area contributed by atoms with E-state index in [1.165, 1.54) is 0 Å². The van der Waals surface area contributed by atoms with E-state index in [1.807, 2.05) is 36.4 Å². The van der Waals surface area contributed by atoms with E-state index in [0.717, 1.165) is 18.4 Å². The van der Waals surface area contributed by atoms with E-state index in [4.69, 9.17) is 9.84 Å². The molecule has 3 N–H and O–H groups in total. The number of hydrogen-bond donors (Lipinski definition) is 3. The van der Waals surface area contributed by atoms with Crippen molar-refractivity contribution in [1.82, 2.24) is 10.6 Å². The van der Waals surface area contributed by atoms with E-state index >= 15 is 0 Å². The topological polar surface area (TPSA) is 87.7 Å². The summed E-state index contributed by atoms with van der Waals surface area (Å²) in [6.45, 7) is 3.02. The second-order valence-corrected chi connectivity index (χ2v) is 6.86. The third kappa shape index (κ3) is 8.88. The fourth-order valence-electron chi connectivity index (χ4n) is 2.60. The van der Waals surface area contributed by atoms with E-state index in [-0.39, 0.29) is 12.3 Å². The van der Waals surface area contributed by atoms with Crippen molar-refractivity contribution in [3.05, 3.63) is 83.6 Å². The minimum absolute atomic E-state index is 0.0216. The van der Waals surface area contributed by atoms with Gasteiger partial charge in [0.1, 0.15) is 11.4 Å². The van der Waals surface area contributed by atoms with Crippen LogP contribution in [-0.2, 0) is 4.79 Å². The number of ether oxygens (including phenoxy) is 1. The molecule has 0 aliphatic carbocycles. The van der Waals surface area contributed by atoms with Crippen molar-refractivity contribution >= 4 is 17.9 Å². The first-order valence-corrected chi connectivity index (χ1v) is 10.5. The van der Waals surface area contributed by atoms with Gasteiger partial charge in [-0.3, -0.25) is 9.59 Å². The Kier molecular flexibility index (Phi) is 10.6. The van der Waals surface area contributed by atoms with Crippen LogP contribution in [0.15, 0.2) is 72.4 Å². The van der Waals surface area contributed by atoms with Crippen molar-refractivity contribution in [3.63, 3.8) is 0 Å². The summed E-state index contributed by atoms with van der Waals surface area (Å²) in [4.78, 5) is 25.2. The molecule has 0 unspecified atom stereocenters. The number of hydrogen-bond acceptors (Lipinski definition) is 4. The van der Waals surface area contributed by atoms with Crippen LogP contribution in [0.3, 0.4) is 0 Å². The summed E-state index contributed by atoms with van der Waals surface area (Å²) in [6, 6.07) is 16.5. The van der Waals surface area contributed by atoms with Crippen LogP contribution in [0.25, 0.3) is 6.08 Å². The van der Waals surface area contributed by atoms with E-state index in [1.54, 1.807) is 36.4 Å². The highest BCUT2D eigenvalue weighted by Crippen LogP contribution is 2.13. The average molecular weight is 423 g/mol. The predicted molar refractivity (Wildman–Crippen MR) is 123 cm³/mol. The molecular formula is C25H30N2O4. The van der Waals surface area contributed by atoms with E-state index in [0.29, 0.717) is 30.9 Å². The SMILES string of the molecule is CCCCOc1ccc(C(=O)N/C(=C\C=C\c2ccccc2)C(=O)NCCCO)cc1. The first-order valence-electron chi connectivity index (χ1n) is 10.5. The van der Waals surface area contributed by atoms with E-state index in [2.05, 4.69) is 17.6 Å². The standard InChI is InChI=1S/C25H30N2O4/c1-2-3-19-31-22-15-13-21(14-16-22)24(29)27-23(25(30)26-17-8-18-28)12-7-11-20-9-5-4-6-10-20/h4-7,9-16,28H,2-3,8,17-19H2,1H3,(H,26,30)(H,27,29)/b11-7+,23-12-. The lowest BCUT2D eigenvalue weighted by Crippen LogP contribution is -2.35. The number of nitrogens with one attached hydrogen (secondary N) is 2. The van der Waals surface area contributed by atoms with Crippen LogP contribution >= 0.6 is 0 Å². The lowest BCUT2D eigenvalue weighted by atomic mass is 10.2. The molecule has 2 aromatic rings. The smallest absolute Gasteiger partial charge is 0.267 e. The molecule has 31 heavy (non-hydrogen) atoms. The van der Waals surface area contributed by atoms with Crippen LogP contribution in [0.5, 0.6) is 5.75 Å². The normalized spacial score (nSPS) is 11.4. The minimum Gasteiger partial charge on any atom is -0.494 e. The highest BCUT2D eigenvalue weighted by molar-refractivity contribution is 6.03. The maximum atomic E-state index is 12.7. The number of carbonyl (C=O) groups is 2. The Morgan fingerprint density at radius 3 is 2.45 bits per heavy atom. The molecule has 0 saturated carbocycles. The summed E-state index contributed by atoms with van der Waals surface area (Å²) in [5, 5.41) is 14.3. The van der Waals surface area contributed by atoms with Gasteiger partial charge in [-0.25, -0.2) is 0 Å². The molecule has 0 spiro atoms. The summed E-state index contributed by atoms with van der Waals surface area (Å²) in [6.07, 6.45) is 7.57. The third-order valence-corrected chi connectivity index (χ3v) is 4.35. The molecular weight excluding hydrogens is 392 g/mol. The van der Waals surface area contributed by atoms with Crippen molar-refractivity contribution < 1.29 is 19.4 Å². The van der Waals surface area contributed by atoms with Gasteiger partial charge in [0.2, 0.25) is 0 Å². The van der Waals surface area contributed by atoms with Crippen LogP contribution in [0.4, 0.5) is 0 Å². The molecule has 2 rings (SSSR count). The summed E-state index contributed by atoms with van der Waals surface area (Å²) < 4.78 is 5.61. The number of carbonyl (C=O) groups excluding carboxylic acids is 2. The van der Waals surface area contributed by atoms with Crippen LogP contribution in [0.2, 0.25) is 0 Å². The molecule has 0 aromatic heterocycles. The van der Waals surface area contributed by atoms with E-state index in [9.17, 15) is 9.59 Å². The lowest BCUT2D eigenvalue weighted by Gasteiger charge is -2.11. The predicted octanol–water partition coefficient (Wildman–Crippen LogP) is 3.69. The number of rotatable bonds is 12. The van der Waals surface area contributed by atoms with Gasteiger partial charge in [-0.2, -0.15) is 0 Å². The molecule has 6 nitrogen and oxygen atoms in total. The highest BCUT2D eigenvalue weighted by Gasteiger charge is 2.13. The third-order valence-electron chi connectivity index (χ3n) is 4.35. The van der Waals surface area contributed by atoms with Gasteiger partial charge in [0.15, 0.2) is 0 Å². The van der Waals surface area contributed by atoms with Gasteiger partial charge in [0, 0.05) is 18.7 Å². The molecule has 0 aliphatic rings. The Morgan fingerprint density at radius 1 is 1.03 bits per heavy atom. The first-order chi connectivity index (χ1) is 15.1. The van der Waals surface area contributed by atoms with Crippen molar-refractivity contribution in [2.45, 2.75) is 26.2 Å². The first kappa shape index (κ1) is 23.9. The monoisotopic (exact) mass is 422 g/mol. The van der Waals surface area contributed by atoms with Gasteiger partial charge >= 0.3 is 0 Å².